The van der Waals surface area contributed by atoms with Gasteiger partial charge in [0.15, 0.2) is 5.11 Å². The number of nitrogens with zero attached hydrogens (tertiary/aromatic N) is 4. The number of pyridine rings is 1. The normalized spacial score (nSPS) is 16.7. The molecule has 0 radical (unpaired) electrons. The predicted molar refractivity (Wildman–Crippen MR) is 157 cm³/mol. The molecule has 0 saturated carbocycles. The summed E-state index contributed by atoms with van der Waals surface area (Å²) in [4.78, 5) is 19.3. The van der Waals surface area contributed by atoms with Crippen LogP contribution in [0.5, 0.6) is 0 Å². The summed E-state index contributed by atoms with van der Waals surface area (Å²) in [5, 5.41) is 15.1. The summed E-state index contributed by atoms with van der Waals surface area (Å²) in [6.45, 7) is 0. The zero-order valence-electron chi connectivity index (χ0n) is 20.6. The lowest BCUT2D eigenvalue weighted by molar-refractivity contribution is -0.384. The van der Waals surface area contributed by atoms with Crippen LogP contribution < -0.4 is 10.2 Å². The van der Waals surface area contributed by atoms with Gasteiger partial charge in [0, 0.05) is 51.4 Å². The number of non-ortho nitro benzene ring substituents is 1. The first kappa shape index (κ1) is 24.8. The number of nitro groups is 1. The summed E-state index contributed by atoms with van der Waals surface area (Å²) in [6, 6.07) is 34.9. The Kier molecular flexibility index (Phi) is 6.83. The molecule has 1 aliphatic rings. The van der Waals surface area contributed by atoms with Gasteiger partial charge in [0.05, 0.1) is 16.7 Å². The molecular formula is C30H23N5O2S2. The largest absolute Gasteiger partial charge is 0.351 e. The standard InChI is InChI=1S/C30H23N5O2S2/c36-35(37)23-13-17-25(18-14-23)39-24-15-11-22(12-16-24)34-29(28(32-30(34)38)26-9-4-5-19-31-26)27-10-6-20-33(27)21-7-2-1-3-8-21/h1-20,28-29H,(H,32,38)/t28-,29-/m1/s1. The Morgan fingerprint density at radius 1 is 0.821 bits per heavy atom. The molecule has 9 heteroatoms. The van der Waals surface area contributed by atoms with Crippen LogP contribution in [0.4, 0.5) is 11.4 Å². The zero-order chi connectivity index (χ0) is 26.8. The van der Waals surface area contributed by atoms with Crippen molar-refractivity contribution in [1.29, 1.82) is 0 Å². The van der Waals surface area contributed by atoms with E-state index in [2.05, 4.69) is 62.4 Å². The average Bonchev–Trinajstić information content (AvgIpc) is 3.59. The van der Waals surface area contributed by atoms with Gasteiger partial charge in [-0.15, -0.1) is 0 Å². The Bertz CT molecular complexity index is 1610. The molecule has 3 heterocycles. The van der Waals surface area contributed by atoms with E-state index in [1.54, 1.807) is 30.1 Å². The summed E-state index contributed by atoms with van der Waals surface area (Å²) >= 11 is 7.45. The van der Waals surface area contributed by atoms with Gasteiger partial charge in [0.2, 0.25) is 0 Å². The number of anilines is 1. The fraction of sp³-hybridized carbons (Fsp3) is 0.0667. The Labute approximate surface area is 235 Å². The third-order valence-corrected chi connectivity index (χ3v) is 7.94. The Morgan fingerprint density at radius 2 is 1.51 bits per heavy atom. The molecule has 0 unspecified atom stereocenters. The number of para-hydroxylation sites is 1. The highest BCUT2D eigenvalue weighted by Gasteiger charge is 2.42. The molecule has 6 rings (SSSR count). The van der Waals surface area contributed by atoms with E-state index < -0.39 is 0 Å². The van der Waals surface area contributed by atoms with Crippen molar-refractivity contribution in [2.24, 2.45) is 0 Å². The van der Waals surface area contributed by atoms with Crippen LogP contribution in [0.3, 0.4) is 0 Å². The Balaban J connectivity index is 1.35. The number of nitro benzene ring substituents is 1. The number of hydrogen-bond donors (Lipinski definition) is 1. The third-order valence-electron chi connectivity index (χ3n) is 6.61. The molecule has 0 spiro atoms. The SMILES string of the molecule is O=[N+]([O-])c1ccc(Sc2ccc(N3C(=S)N[C@H](c4ccccn4)[C@H]3c3cccn3-c3ccccc3)cc2)cc1. The highest BCUT2D eigenvalue weighted by Crippen LogP contribution is 2.43. The summed E-state index contributed by atoms with van der Waals surface area (Å²) in [5.74, 6) is 0. The number of rotatable bonds is 7. The van der Waals surface area contributed by atoms with Crippen LogP contribution >= 0.6 is 24.0 Å². The molecule has 1 N–H and O–H groups in total. The summed E-state index contributed by atoms with van der Waals surface area (Å²) in [7, 11) is 0. The van der Waals surface area contributed by atoms with Gasteiger partial charge in [0.1, 0.15) is 6.04 Å². The Hall–Kier alpha value is -4.47. The monoisotopic (exact) mass is 549 g/mol. The van der Waals surface area contributed by atoms with E-state index in [4.69, 9.17) is 12.2 Å². The van der Waals surface area contributed by atoms with Crippen molar-refractivity contribution in [2.75, 3.05) is 4.90 Å². The van der Waals surface area contributed by atoms with Gasteiger partial charge < -0.3 is 14.8 Å². The molecular weight excluding hydrogens is 526 g/mol. The number of nitrogens with one attached hydrogen (secondary N) is 1. The highest BCUT2D eigenvalue weighted by atomic mass is 32.2. The summed E-state index contributed by atoms with van der Waals surface area (Å²) < 4.78 is 2.20. The van der Waals surface area contributed by atoms with Crippen molar-refractivity contribution in [3.63, 3.8) is 0 Å². The van der Waals surface area contributed by atoms with Crippen molar-refractivity contribution in [3.8, 4) is 5.69 Å². The summed E-state index contributed by atoms with van der Waals surface area (Å²) in [5.41, 5.74) is 4.13. The van der Waals surface area contributed by atoms with Crippen LogP contribution in [0, 0.1) is 10.1 Å². The van der Waals surface area contributed by atoms with Gasteiger partial charge in [0.25, 0.3) is 5.69 Å². The number of benzene rings is 3. The molecule has 1 fully saturated rings. The number of aromatic nitrogens is 2. The van der Waals surface area contributed by atoms with E-state index in [1.807, 2.05) is 48.5 Å². The molecule has 0 amide bonds. The van der Waals surface area contributed by atoms with E-state index in [1.165, 1.54) is 12.1 Å². The van der Waals surface area contributed by atoms with Gasteiger partial charge in [-0.1, -0.05) is 36.0 Å². The first-order chi connectivity index (χ1) is 19.1. The molecule has 7 nitrogen and oxygen atoms in total. The third kappa shape index (κ3) is 5.01. The minimum Gasteiger partial charge on any atom is -0.351 e. The van der Waals surface area contributed by atoms with Crippen LogP contribution in [-0.4, -0.2) is 19.6 Å². The first-order valence-corrected chi connectivity index (χ1v) is 13.6. The molecule has 5 aromatic rings. The molecule has 2 aromatic heterocycles. The topological polar surface area (TPSA) is 76.2 Å². The average molecular weight is 550 g/mol. The van der Waals surface area contributed by atoms with Gasteiger partial charge >= 0.3 is 0 Å². The minimum atomic E-state index is -0.390. The number of thiocarbonyl (C=S) groups is 1. The van der Waals surface area contributed by atoms with Gasteiger partial charge in [-0.05, 0) is 85.0 Å². The molecule has 192 valence electrons. The van der Waals surface area contributed by atoms with Crippen molar-refractivity contribution in [2.45, 2.75) is 21.9 Å². The van der Waals surface area contributed by atoms with Crippen molar-refractivity contribution in [1.82, 2.24) is 14.9 Å². The lowest BCUT2D eigenvalue weighted by Crippen LogP contribution is -2.30. The van der Waals surface area contributed by atoms with Gasteiger partial charge in [-0.3, -0.25) is 15.1 Å². The molecule has 1 saturated heterocycles. The quantitative estimate of drug-likeness (QED) is 0.132. The fourth-order valence-corrected chi connectivity index (χ4v) is 6.00. The minimum absolute atomic E-state index is 0.0819. The maximum absolute atomic E-state index is 11.0. The van der Waals surface area contributed by atoms with E-state index in [-0.39, 0.29) is 22.7 Å². The summed E-state index contributed by atoms with van der Waals surface area (Å²) in [6.07, 6.45) is 3.88. The van der Waals surface area contributed by atoms with Crippen LogP contribution in [-0.2, 0) is 0 Å². The number of hydrogen-bond acceptors (Lipinski definition) is 5. The van der Waals surface area contributed by atoms with Crippen LogP contribution in [0.2, 0.25) is 0 Å². The van der Waals surface area contributed by atoms with Crippen LogP contribution in [0.25, 0.3) is 5.69 Å². The lowest BCUT2D eigenvalue weighted by atomic mass is 10.0. The lowest BCUT2D eigenvalue weighted by Gasteiger charge is -2.29. The van der Waals surface area contributed by atoms with E-state index in [0.717, 1.165) is 32.6 Å². The molecule has 3 aromatic carbocycles. The van der Waals surface area contributed by atoms with Crippen molar-refractivity contribution >= 4 is 40.5 Å². The van der Waals surface area contributed by atoms with Crippen molar-refractivity contribution < 1.29 is 4.92 Å². The predicted octanol–water partition coefficient (Wildman–Crippen LogP) is 7.11. The second-order valence-electron chi connectivity index (χ2n) is 8.98. The van der Waals surface area contributed by atoms with E-state index >= 15 is 0 Å². The maximum atomic E-state index is 11.0. The molecule has 1 aliphatic heterocycles. The van der Waals surface area contributed by atoms with Gasteiger partial charge in [-0.25, -0.2) is 0 Å². The van der Waals surface area contributed by atoms with Gasteiger partial charge in [-0.2, -0.15) is 0 Å². The molecule has 0 aliphatic carbocycles. The first-order valence-electron chi connectivity index (χ1n) is 12.3. The molecule has 39 heavy (non-hydrogen) atoms. The van der Waals surface area contributed by atoms with E-state index in [0.29, 0.717) is 5.11 Å². The second-order valence-corrected chi connectivity index (χ2v) is 10.5. The second kappa shape index (κ2) is 10.7. The van der Waals surface area contributed by atoms with Crippen molar-refractivity contribution in [3.05, 3.63) is 143 Å². The zero-order valence-corrected chi connectivity index (χ0v) is 22.3. The smallest absolute Gasteiger partial charge is 0.269 e. The molecule has 0 bridgehead atoms. The molecule has 2 atom stereocenters. The fourth-order valence-electron chi connectivity index (χ4n) is 4.84. The highest BCUT2D eigenvalue weighted by molar-refractivity contribution is 7.99. The van der Waals surface area contributed by atoms with Crippen LogP contribution in [0.15, 0.2) is 131 Å². The Morgan fingerprint density at radius 3 is 2.18 bits per heavy atom. The van der Waals surface area contributed by atoms with Crippen LogP contribution in [0.1, 0.15) is 23.5 Å². The van der Waals surface area contributed by atoms with E-state index in [9.17, 15) is 10.1 Å². The maximum Gasteiger partial charge on any atom is 0.269 e.